The van der Waals surface area contributed by atoms with E-state index < -0.39 is 5.54 Å². The molecule has 0 aliphatic carbocycles. The molecule has 0 aliphatic heterocycles. The first-order valence-corrected chi connectivity index (χ1v) is 7.28. The number of nitrogens with zero attached hydrogens (tertiary/aromatic N) is 2. The lowest BCUT2D eigenvalue weighted by atomic mass is 9.93. The van der Waals surface area contributed by atoms with Gasteiger partial charge in [-0.05, 0) is 35.7 Å². The molecule has 2 N–H and O–H groups in total. The Hall–Kier alpha value is -2.20. The third kappa shape index (κ3) is 2.43. The number of hydrogen-bond donors (Lipinski definition) is 1. The Kier molecular flexibility index (Phi) is 3.47. The first-order valence-electron chi connectivity index (χ1n) is 7.28. The first kappa shape index (κ1) is 13.8. The molecule has 4 heteroatoms. The number of fused-ring (bicyclic) bond motifs is 1. The molecule has 4 nitrogen and oxygen atoms in total. The van der Waals surface area contributed by atoms with Crippen LogP contribution in [0.5, 0.6) is 0 Å². The van der Waals surface area contributed by atoms with Gasteiger partial charge in [-0.25, -0.2) is 0 Å². The molecule has 1 aromatic heterocycles. The Labute approximate surface area is 124 Å². The molecule has 0 spiro atoms. The maximum absolute atomic E-state index is 6.31. The third-order valence-electron chi connectivity index (χ3n) is 4.13. The van der Waals surface area contributed by atoms with Gasteiger partial charge in [0, 0.05) is 5.56 Å². The Morgan fingerprint density at radius 3 is 2.48 bits per heavy atom. The summed E-state index contributed by atoms with van der Waals surface area (Å²) in [4.78, 5) is 4.50. The Balaban J connectivity index is 2.01. The summed E-state index contributed by atoms with van der Waals surface area (Å²) in [6, 6.07) is 14.3. The predicted molar refractivity (Wildman–Crippen MR) is 83.7 cm³/mol. The van der Waals surface area contributed by atoms with Crippen LogP contribution >= 0.6 is 0 Å². The van der Waals surface area contributed by atoms with E-state index in [1.54, 1.807) is 0 Å². The molecule has 0 fully saturated rings. The van der Waals surface area contributed by atoms with Gasteiger partial charge in [-0.3, -0.25) is 0 Å². The van der Waals surface area contributed by atoms with Gasteiger partial charge in [-0.15, -0.1) is 0 Å². The molecule has 2 aromatic carbocycles. The molecule has 0 saturated carbocycles. The second kappa shape index (κ2) is 5.30. The summed E-state index contributed by atoms with van der Waals surface area (Å²) < 4.78 is 5.41. The SMILES string of the molecule is CCC(N)(CC)c1noc(-c2ccc3ccccc3c2)n1. The van der Waals surface area contributed by atoms with Crippen LogP contribution in [0.2, 0.25) is 0 Å². The molecule has 0 saturated heterocycles. The van der Waals surface area contributed by atoms with Crippen LogP contribution in [0.1, 0.15) is 32.5 Å². The van der Waals surface area contributed by atoms with E-state index in [0.29, 0.717) is 11.7 Å². The normalized spacial score (nSPS) is 12.0. The average molecular weight is 281 g/mol. The van der Waals surface area contributed by atoms with Gasteiger partial charge in [0.1, 0.15) is 0 Å². The van der Waals surface area contributed by atoms with Crippen LogP contribution in [0, 0.1) is 0 Å². The number of rotatable bonds is 4. The highest BCUT2D eigenvalue weighted by Gasteiger charge is 2.29. The number of benzene rings is 2. The molecular weight excluding hydrogens is 262 g/mol. The second-order valence-corrected chi connectivity index (χ2v) is 5.35. The minimum Gasteiger partial charge on any atom is -0.334 e. The second-order valence-electron chi connectivity index (χ2n) is 5.35. The fourth-order valence-electron chi connectivity index (χ4n) is 2.43. The van der Waals surface area contributed by atoms with Crippen LogP contribution in [0.3, 0.4) is 0 Å². The maximum atomic E-state index is 6.31. The summed E-state index contributed by atoms with van der Waals surface area (Å²) in [5, 5.41) is 6.42. The fourth-order valence-corrected chi connectivity index (χ4v) is 2.43. The van der Waals surface area contributed by atoms with Crippen LogP contribution in [-0.4, -0.2) is 10.1 Å². The van der Waals surface area contributed by atoms with E-state index in [0.717, 1.165) is 23.8 Å². The number of aromatic nitrogens is 2. The third-order valence-corrected chi connectivity index (χ3v) is 4.13. The van der Waals surface area contributed by atoms with E-state index in [4.69, 9.17) is 10.3 Å². The van der Waals surface area contributed by atoms with Gasteiger partial charge in [0.15, 0.2) is 5.82 Å². The molecule has 21 heavy (non-hydrogen) atoms. The van der Waals surface area contributed by atoms with Crippen LogP contribution in [-0.2, 0) is 5.54 Å². The standard InChI is InChI=1S/C17H19N3O/c1-3-17(18,4-2)16-19-15(21-20-16)14-10-9-12-7-5-6-8-13(12)11-14/h5-11H,3-4,18H2,1-2H3. The molecule has 3 aromatic rings. The van der Waals surface area contributed by atoms with Crippen LogP contribution in [0.25, 0.3) is 22.2 Å². The highest BCUT2D eigenvalue weighted by molar-refractivity contribution is 5.86. The topological polar surface area (TPSA) is 64.9 Å². The zero-order chi connectivity index (χ0) is 14.9. The summed E-state index contributed by atoms with van der Waals surface area (Å²) in [7, 11) is 0. The van der Waals surface area contributed by atoms with Crippen molar-refractivity contribution in [2.45, 2.75) is 32.2 Å². The molecule has 0 atom stereocenters. The van der Waals surface area contributed by atoms with Crippen molar-refractivity contribution in [2.75, 3.05) is 0 Å². The van der Waals surface area contributed by atoms with E-state index in [-0.39, 0.29) is 0 Å². The van der Waals surface area contributed by atoms with Crippen molar-refractivity contribution in [3.05, 3.63) is 48.3 Å². The number of hydrogen-bond acceptors (Lipinski definition) is 4. The molecular formula is C17H19N3O. The van der Waals surface area contributed by atoms with Crippen molar-refractivity contribution in [2.24, 2.45) is 5.73 Å². The zero-order valence-electron chi connectivity index (χ0n) is 12.3. The van der Waals surface area contributed by atoms with Gasteiger partial charge in [-0.2, -0.15) is 4.98 Å². The summed E-state index contributed by atoms with van der Waals surface area (Å²) in [5.74, 6) is 1.10. The average Bonchev–Trinajstić information content (AvgIpc) is 3.04. The largest absolute Gasteiger partial charge is 0.334 e. The molecule has 0 aliphatic rings. The van der Waals surface area contributed by atoms with E-state index in [1.165, 1.54) is 5.39 Å². The van der Waals surface area contributed by atoms with E-state index in [1.807, 2.05) is 32.0 Å². The summed E-state index contributed by atoms with van der Waals surface area (Å²) in [5.41, 5.74) is 6.72. The van der Waals surface area contributed by atoms with Crippen molar-refractivity contribution in [3.8, 4) is 11.5 Å². The minimum atomic E-state index is -0.515. The molecule has 1 heterocycles. The predicted octanol–water partition coefficient (Wildman–Crippen LogP) is 3.86. The summed E-state index contributed by atoms with van der Waals surface area (Å²) in [6.45, 7) is 4.07. The highest BCUT2D eigenvalue weighted by atomic mass is 16.5. The minimum absolute atomic E-state index is 0.515. The highest BCUT2D eigenvalue weighted by Crippen LogP contribution is 2.27. The van der Waals surface area contributed by atoms with Crippen molar-refractivity contribution < 1.29 is 4.52 Å². The number of nitrogens with two attached hydrogens (primary N) is 1. The van der Waals surface area contributed by atoms with Crippen molar-refractivity contribution in [1.29, 1.82) is 0 Å². The lowest BCUT2D eigenvalue weighted by molar-refractivity contribution is 0.350. The molecule has 108 valence electrons. The van der Waals surface area contributed by atoms with Crippen LogP contribution in [0.15, 0.2) is 47.0 Å². The van der Waals surface area contributed by atoms with Gasteiger partial charge in [0.25, 0.3) is 5.89 Å². The van der Waals surface area contributed by atoms with Crippen molar-refractivity contribution >= 4 is 10.8 Å². The van der Waals surface area contributed by atoms with Gasteiger partial charge in [0.05, 0.1) is 5.54 Å². The maximum Gasteiger partial charge on any atom is 0.258 e. The van der Waals surface area contributed by atoms with Gasteiger partial charge < -0.3 is 10.3 Å². The quantitative estimate of drug-likeness (QED) is 0.788. The van der Waals surface area contributed by atoms with E-state index in [9.17, 15) is 0 Å². The Bertz CT molecular complexity index is 759. The van der Waals surface area contributed by atoms with Gasteiger partial charge in [0.2, 0.25) is 0 Å². The van der Waals surface area contributed by atoms with Crippen molar-refractivity contribution in [3.63, 3.8) is 0 Å². The van der Waals surface area contributed by atoms with Crippen molar-refractivity contribution in [1.82, 2.24) is 10.1 Å². The van der Waals surface area contributed by atoms with Crippen LogP contribution in [0.4, 0.5) is 0 Å². The van der Waals surface area contributed by atoms with Gasteiger partial charge in [-0.1, -0.05) is 49.3 Å². The van der Waals surface area contributed by atoms with E-state index in [2.05, 4.69) is 34.4 Å². The fraction of sp³-hybridized carbons (Fsp3) is 0.294. The lowest BCUT2D eigenvalue weighted by Gasteiger charge is -2.21. The smallest absolute Gasteiger partial charge is 0.258 e. The summed E-state index contributed by atoms with van der Waals surface area (Å²) >= 11 is 0. The molecule has 0 amide bonds. The van der Waals surface area contributed by atoms with Gasteiger partial charge >= 0.3 is 0 Å². The Morgan fingerprint density at radius 2 is 1.76 bits per heavy atom. The molecule has 0 unspecified atom stereocenters. The Morgan fingerprint density at radius 1 is 1.05 bits per heavy atom. The van der Waals surface area contributed by atoms with Crippen LogP contribution < -0.4 is 5.73 Å². The first-order chi connectivity index (χ1) is 10.2. The summed E-state index contributed by atoms with van der Waals surface area (Å²) in [6.07, 6.45) is 1.56. The monoisotopic (exact) mass is 281 g/mol. The zero-order valence-corrected chi connectivity index (χ0v) is 12.3. The molecule has 0 bridgehead atoms. The lowest BCUT2D eigenvalue weighted by Crippen LogP contribution is -2.36. The molecule has 0 radical (unpaired) electrons. The van der Waals surface area contributed by atoms with E-state index >= 15 is 0 Å². The molecule has 3 rings (SSSR count).